The zero-order chi connectivity index (χ0) is 23.3. The quantitative estimate of drug-likeness (QED) is 0.591. The molecule has 5 rings (SSSR count). The number of amides is 1. The topological polar surface area (TPSA) is 73.1 Å². The van der Waals surface area contributed by atoms with Crippen molar-refractivity contribution in [2.75, 3.05) is 0 Å². The number of hydrogen-bond acceptors (Lipinski definition) is 5. The number of ether oxygens (including phenoxy) is 1. The lowest BCUT2D eigenvalue weighted by Gasteiger charge is -2.38. The SMILES string of the molecule is Cc1cccc(C(=O)N2[C@H](C)[C@H]3C[C@@H](Oc4ccc(C(F)(F)F)nc4)[C@@H]2C3)c1-n1nccn1. The van der Waals surface area contributed by atoms with E-state index in [0.29, 0.717) is 11.3 Å². The zero-order valence-corrected chi connectivity index (χ0v) is 18.0. The van der Waals surface area contributed by atoms with Crippen molar-refractivity contribution >= 4 is 5.91 Å². The van der Waals surface area contributed by atoms with Crippen LogP contribution in [0.15, 0.2) is 48.9 Å². The Hall–Kier alpha value is -3.43. The molecule has 33 heavy (non-hydrogen) atoms. The number of rotatable bonds is 4. The minimum absolute atomic E-state index is 0.0204. The summed E-state index contributed by atoms with van der Waals surface area (Å²) in [5, 5.41) is 8.40. The summed E-state index contributed by atoms with van der Waals surface area (Å²) in [6.07, 6.45) is 0.909. The Balaban J connectivity index is 1.40. The van der Waals surface area contributed by atoms with Crippen LogP contribution in [0, 0.1) is 12.8 Å². The van der Waals surface area contributed by atoms with E-state index in [1.165, 1.54) is 10.9 Å². The first-order valence-electron chi connectivity index (χ1n) is 10.7. The number of carbonyl (C=O) groups is 1. The van der Waals surface area contributed by atoms with Gasteiger partial charge in [0.1, 0.15) is 23.2 Å². The Labute approximate surface area is 188 Å². The third-order valence-corrected chi connectivity index (χ3v) is 6.62. The van der Waals surface area contributed by atoms with Crippen molar-refractivity contribution < 1.29 is 22.7 Å². The van der Waals surface area contributed by atoms with Gasteiger partial charge in [-0.05, 0) is 56.4 Å². The van der Waals surface area contributed by atoms with E-state index in [0.717, 1.165) is 30.7 Å². The molecule has 1 aliphatic carbocycles. The van der Waals surface area contributed by atoms with Crippen LogP contribution in [0.3, 0.4) is 0 Å². The van der Waals surface area contributed by atoms with Crippen LogP contribution in [0.2, 0.25) is 0 Å². The van der Waals surface area contributed by atoms with E-state index in [-0.39, 0.29) is 35.8 Å². The summed E-state index contributed by atoms with van der Waals surface area (Å²) in [5.74, 6) is 0.380. The number of carbonyl (C=O) groups excluding carboxylic acids is 1. The van der Waals surface area contributed by atoms with Crippen LogP contribution in [0.1, 0.15) is 41.4 Å². The molecule has 0 spiro atoms. The number of nitrogens with zero attached hydrogens (tertiary/aromatic N) is 5. The van der Waals surface area contributed by atoms with Crippen LogP contribution in [-0.2, 0) is 6.18 Å². The first kappa shape index (κ1) is 21.4. The fraction of sp³-hybridized carbons (Fsp3) is 0.391. The van der Waals surface area contributed by atoms with Crippen LogP contribution in [0.5, 0.6) is 5.75 Å². The third kappa shape index (κ3) is 3.73. The van der Waals surface area contributed by atoms with Crippen molar-refractivity contribution in [1.82, 2.24) is 24.9 Å². The summed E-state index contributed by atoms with van der Waals surface area (Å²) >= 11 is 0. The highest BCUT2D eigenvalue weighted by Gasteiger charge is 2.53. The van der Waals surface area contributed by atoms with Gasteiger partial charge in [0.05, 0.1) is 30.2 Å². The van der Waals surface area contributed by atoms with E-state index in [4.69, 9.17) is 4.74 Å². The van der Waals surface area contributed by atoms with E-state index in [1.807, 2.05) is 30.9 Å². The highest BCUT2D eigenvalue weighted by molar-refractivity contribution is 5.99. The summed E-state index contributed by atoms with van der Waals surface area (Å²) < 4.78 is 44.4. The van der Waals surface area contributed by atoms with E-state index in [1.54, 1.807) is 18.5 Å². The molecule has 2 aliphatic rings. The summed E-state index contributed by atoms with van der Waals surface area (Å²) in [4.78, 5) is 20.5. The molecule has 10 heteroatoms. The van der Waals surface area contributed by atoms with Gasteiger partial charge in [-0.1, -0.05) is 12.1 Å². The van der Waals surface area contributed by atoms with Gasteiger partial charge < -0.3 is 9.64 Å². The fourth-order valence-electron chi connectivity index (χ4n) is 5.05. The number of piperidine rings is 1. The molecule has 1 aromatic carbocycles. The van der Waals surface area contributed by atoms with Gasteiger partial charge >= 0.3 is 6.18 Å². The van der Waals surface area contributed by atoms with Crippen molar-refractivity contribution in [3.8, 4) is 11.4 Å². The lowest BCUT2D eigenvalue weighted by molar-refractivity contribution is -0.141. The molecule has 7 nitrogen and oxygen atoms in total. The maximum absolute atomic E-state index is 13.7. The van der Waals surface area contributed by atoms with Crippen molar-refractivity contribution in [2.24, 2.45) is 5.92 Å². The number of pyridine rings is 1. The Morgan fingerprint density at radius 1 is 1.12 bits per heavy atom. The minimum Gasteiger partial charge on any atom is -0.487 e. The van der Waals surface area contributed by atoms with Gasteiger partial charge in [0.15, 0.2) is 0 Å². The van der Waals surface area contributed by atoms with E-state index in [9.17, 15) is 18.0 Å². The molecule has 1 amide bonds. The van der Waals surface area contributed by atoms with Crippen LogP contribution in [-0.4, -0.2) is 49.0 Å². The normalized spacial score (nSPS) is 24.3. The van der Waals surface area contributed by atoms with Crippen LogP contribution in [0.25, 0.3) is 5.69 Å². The lowest BCUT2D eigenvalue weighted by atomic mass is 9.97. The molecule has 1 aliphatic heterocycles. The van der Waals surface area contributed by atoms with E-state index < -0.39 is 11.9 Å². The smallest absolute Gasteiger partial charge is 0.433 e. The molecule has 0 N–H and O–H groups in total. The summed E-state index contributed by atoms with van der Waals surface area (Å²) in [5.41, 5.74) is 1.04. The van der Waals surface area contributed by atoms with Gasteiger partial charge in [0.2, 0.25) is 0 Å². The molecule has 172 valence electrons. The summed E-state index contributed by atoms with van der Waals surface area (Å²) in [6.45, 7) is 3.93. The largest absolute Gasteiger partial charge is 0.487 e. The molecule has 2 fully saturated rings. The Morgan fingerprint density at radius 3 is 2.52 bits per heavy atom. The predicted octanol–water partition coefficient (Wildman–Crippen LogP) is 4.06. The number of likely N-dealkylation sites (tertiary alicyclic amines) is 1. The van der Waals surface area contributed by atoms with Crippen molar-refractivity contribution in [2.45, 2.75) is 51.1 Å². The second-order valence-corrected chi connectivity index (χ2v) is 8.57. The number of para-hydroxylation sites is 1. The van der Waals surface area contributed by atoms with Crippen molar-refractivity contribution in [1.29, 1.82) is 0 Å². The molecular weight excluding hydrogens is 435 g/mol. The molecule has 0 unspecified atom stereocenters. The molecule has 2 aromatic heterocycles. The van der Waals surface area contributed by atoms with Gasteiger partial charge in [-0.15, -0.1) is 0 Å². The highest BCUT2D eigenvalue weighted by Crippen LogP contribution is 2.45. The number of benzene rings is 1. The number of aryl methyl sites for hydroxylation is 1. The average molecular weight is 457 g/mol. The molecule has 4 atom stereocenters. The average Bonchev–Trinajstić information content (AvgIpc) is 3.50. The first-order valence-corrected chi connectivity index (χ1v) is 10.7. The predicted molar refractivity (Wildman–Crippen MR) is 112 cm³/mol. The van der Waals surface area contributed by atoms with Gasteiger partial charge in [-0.25, -0.2) is 4.98 Å². The number of fused-ring (bicyclic) bond motifs is 2. The van der Waals surface area contributed by atoms with Crippen LogP contribution in [0.4, 0.5) is 13.2 Å². The molecule has 2 bridgehead atoms. The van der Waals surface area contributed by atoms with Gasteiger partial charge in [0.25, 0.3) is 5.91 Å². The van der Waals surface area contributed by atoms with Crippen molar-refractivity contribution in [3.05, 3.63) is 65.7 Å². The third-order valence-electron chi connectivity index (χ3n) is 6.62. The lowest BCUT2D eigenvalue weighted by Crippen LogP contribution is -2.51. The molecule has 3 heterocycles. The van der Waals surface area contributed by atoms with E-state index >= 15 is 0 Å². The van der Waals surface area contributed by atoms with Crippen LogP contribution >= 0.6 is 0 Å². The second kappa shape index (κ2) is 7.86. The monoisotopic (exact) mass is 457 g/mol. The number of hydrogen-bond donors (Lipinski definition) is 0. The second-order valence-electron chi connectivity index (χ2n) is 8.57. The van der Waals surface area contributed by atoms with Gasteiger partial charge in [0, 0.05) is 6.04 Å². The Kier molecular flexibility index (Phi) is 5.10. The maximum atomic E-state index is 13.7. The molecule has 1 saturated carbocycles. The molecular formula is C23H22F3N5O2. The zero-order valence-electron chi connectivity index (χ0n) is 18.0. The fourth-order valence-corrected chi connectivity index (χ4v) is 5.05. The molecule has 3 aromatic rings. The van der Waals surface area contributed by atoms with Crippen molar-refractivity contribution in [3.63, 3.8) is 0 Å². The Morgan fingerprint density at radius 2 is 1.88 bits per heavy atom. The highest BCUT2D eigenvalue weighted by atomic mass is 19.4. The Bertz CT molecular complexity index is 1160. The maximum Gasteiger partial charge on any atom is 0.433 e. The van der Waals surface area contributed by atoms with Gasteiger partial charge in [-0.2, -0.15) is 28.2 Å². The first-order chi connectivity index (χ1) is 15.7. The van der Waals surface area contributed by atoms with Gasteiger partial charge in [-0.3, -0.25) is 4.79 Å². The van der Waals surface area contributed by atoms with E-state index in [2.05, 4.69) is 15.2 Å². The number of alkyl halides is 3. The van der Waals surface area contributed by atoms with Crippen LogP contribution < -0.4 is 4.74 Å². The number of halogens is 3. The molecule has 0 radical (unpaired) electrons. The summed E-state index contributed by atoms with van der Waals surface area (Å²) in [6, 6.07) is 7.52. The summed E-state index contributed by atoms with van der Waals surface area (Å²) in [7, 11) is 0. The standard InChI is InChI=1S/C23H22F3N5O2/c1-13-4-3-5-17(21(13)31-28-8-9-29-31)22(32)30-14(2)15-10-18(30)19(11-15)33-16-6-7-20(27-12-16)23(24,25)26/h3-9,12,14-15,18-19H,10-11H2,1-2H3/t14-,15-,18+,19-/m1/s1. The molecule has 1 saturated heterocycles. The number of aromatic nitrogens is 4. The minimum atomic E-state index is -4.50.